The first-order valence-corrected chi connectivity index (χ1v) is 12.5. The molecule has 1 heterocycles. The number of nitrogens with zero attached hydrogens (tertiary/aromatic N) is 1. The van der Waals surface area contributed by atoms with E-state index >= 15 is 0 Å². The van der Waals surface area contributed by atoms with Gasteiger partial charge in [0, 0.05) is 18.4 Å². The predicted molar refractivity (Wildman–Crippen MR) is 127 cm³/mol. The zero-order chi connectivity index (χ0) is 22.3. The van der Waals surface area contributed by atoms with Crippen molar-refractivity contribution in [2.75, 3.05) is 7.05 Å². The molecule has 0 spiro atoms. The molecule has 1 unspecified atom stereocenters. The Labute approximate surface area is 189 Å². The van der Waals surface area contributed by atoms with Crippen LogP contribution in [0.3, 0.4) is 0 Å². The monoisotopic (exact) mass is 422 g/mol. The average Bonchev–Trinajstić information content (AvgIpc) is 3.02. The molecule has 8 atom stereocenters. The summed E-state index contributed by atoms with van der Waals surface area (Å²) in [6.07, 6.45) is 14.3. The summed E-state index contributed by atoms with van der Waals surface area (Å²) in [5, 5.41) is 14.4. The van der Waals surface area contributed by atoms with Crippen LogP contribution < -0.4 is 5.32 Å². The molecule has 0 aromatic carbocycles. The van der Waals surface area contributed by atoms with E-state index in [2.05, 4.69) is 76.4 Å². The van der Waals surface area contributed by atoms with Crippen molar-refractivity contribution in [3.05, 3.63) is 36.2 Å². The fraction of sp³-hybridized carbons (Fsp3) is 0.750. The summed E-state index contributed by atoms with van der Waals surface area (Å²) in [6.45, 7) is 12.9. The number of fused-ring (bicyclic) bond motifs is 5. The lowest BCUT2D eigenvalue weighted by Crippen LogP contribution is -2.71. The van der Waals surface area contributed by atoms with E-state index in [9.17, 15) is 5.11 Å². The summed E-state index contributed by atoms with van der Waals surface area (Å²) in [7, 11) is 2.15. The number of hydrogen-bond acceptors (Lipinski definition) is 3. The molecule has 0 radical (unpaired) electrons. The second-order valence-electron chi connectivity index (χ2n) is 12.5. The van der Waals surface area contributed by atoms with Gasteiger partial charge in [0.25, 0.3) is 0 Å². The molecule has 0 aliphatic heterocycles. The first-order valence-electron chi connectivity index (χ1n) is 12.5. The molecule has 4 aliphatic rings. The normalized spacial score (nSPS) is 51.5. The maximum Gasteiger partial charge on any atom is 0.0546 e. The smallest absolute Gasteiger partial charge is 0.0546 e. The number of allylic oxidation sites excluding steroid dienone is 2. The fourth-order valence-electron chi connectivity index (χ4n) is 9.50. The van der Waals surface area contributed by atoms with E-state index in [-0.39, 0.29) is 27.8 Å². The standard InChI is InChI=1S/C28H42N2O/c1-24-13-14-26(3)22(25(24,2)11-10-21(24)19-8-7-15-30-18-19)16-23(29-6)27(4)17-20(31)9-12-28(26,27)5/h7-8,10,15,18,20,22-23,29,31H,9,11-14,16-17H2,1-6H3/t20-,22?,23-,24+,25-,26-,27+,28+/m0/s1. The summed E-state index contributed by atoms with van der Waals surface area (Å²) in [5.74, 6) is 0.662. The Morgan fingerprint density at radius 1 is 1.03 bits per heavy atom. The van der Waals surface area contributed by atoms with Crippen molar-refractivity contribution in [3.8, 4) is 0 Å². The third-order valence-corrected chi connectivity index (χ3v) is 12.0. The third kappa shape index (κ3) is 2.46. The minimum Gasteiger partial charge on any atom is -0.393 e. The number of aliphatic hydroxyl groups excluding tert-OH is 1. The molecule has 3 heteroatoms. The second-order valence-corrected chi connectivity index (χ2v) is 12.5. The van der Waals surface area contributed by atoms with Crippen molar-refractivity contribution in [2.45, 2.75) is 91.7 Å². The molecule has 4 aliphatic carbocycles. The van der Waals surface area contributed by atoms with E-state index in [0.717, 1.165) is 19.3 Å². The van der Waals surface area contributed by atoms with E-state index < -0.39 is 0 Å². The zero-order valence-electron chi connectivity index (χ0n) is 20.5. The summed E-state index contributed by atoms with van der Waals surface area (Å²) in [6, 6.07) is 4.79. The van der Waals surface area contributed by atoms with Crippen LogP contribution in [0.1, 0.15) is 85.1 Å². The highest BCUT2D eigenvalue weighted by molar-refractivity contribution is 5.73. The molecule has 2 N–H and O–H groups in total. The van der Waals surface area contributed by atoms with Crippen LogP contribution in [0.4, 0.5) is 0 Å². The Morgan fingerprint density at radius 3 is 2.48 bits per heavy atom. The van der Waals surface area contributed by atoms with Crippen molar-refractivity contribution in [3.63, 3.8) is 0 Å². The van der Waals surface area contributed by atoms with Gasteiger partial charge in [0.2, 0.25) is 0 Å². The third-order valence-electron chi connectivity index (χ3n) is 12.0. The quantitative estimate of drug-likeness (QED) is 0.629. The van der Waals surface area contributed by atoms with Crippen LogP contribution in [0, 0.1) is 33.0 Å². The Bertz CT molecular complexity index is 898. The molecule has 3 fully saturated rings. The number of nitrogens with one attached hydrogen (secondary N) is 1. The number of hydrogen-bond donors (Lipinski definition) is 2. The molecular weight excluding hydrogens is 380 g/mol. The summed E-state index contributed by atoms with van der Waals surface area (Å²) in [5.41, 5.74) is 3.95. The Balaban J connectivity index is 1.61. The number of aliphatic hydroxyl groups is 1. The van der Waals surface area contributed by atoms with Gasteiger partial charge < -0.3 is 10.4 Å². The molecule has 3 saturated carbocycles. The van der Waals surface area contributed by atoms with Gasteiger partial charge in [-0.2, -0.15) is 0 Å². The van der Waals surface area contributed by atoms with Gasteiger partial charge in [-0.3, -0.25) is 4.98 Å². The molecule has 3 nitrogen and oxygen atoms in total. The average molecular weight is 423 g/mol. The molecule has 0 amide bonds. The van der Waals surface area contributed by atoms with Crippen LogP contribution in [0.15, 0.2) is 30.6 Å². The van der Waals surface area contributed by atoms with Crippen LogP contribution >= 0.6 is 0 Å². The molecule has 31 heavy (non-hydrogen) atoms. The number of pyridine rings is 1. The van der Waals surface area contributed by atoms with Gasteiger partial charge in [0.15, 0.2) is 0 Å². The maximum atomic E-state index is 10.7. The lowest BCUT2D eigenvalue weighted by atomic mass is 9.31. The fourth-order valence-corrected chi connectivity index (χ4v) is 9.50. The summed E-state index contributed by atoms with van der Waals surface area (Å²) >= 11 is 0. The molecule has 0 bridgehead atoms. The van der Waals surface area contributed by atoms with Crippen LogP contribution in [0.25, 0.3) is 5.57 Å². The van der Waals surface area contributed by atoms with E-state index in [1.165, 1.54) is 36.8 Å². The Hall–Kier alpha value is -1.19. The summed E-state index contributed by atoms with van der Waals surface area (Å²) in [4.78, 5) is 4.45. The Morgan fingerprint density at radius 2 is 1.81 bits per heavy atom. The SMILES string of the molecule is CN[C@H]1CC2[C@](C)(CC[C@]3(C)C(c4cccnc4)=CC[C@@]23C)[C@@]2(C)CC[C@H](O)C[C@]12C. The predicted octanol–water partition coefficient (Wildman–Crippen LogP) is 5.85. The van der Waals surface area contributed by atoms with Crippen LogP contribution in [0.5, 0.6) is 0 Å². The van der Waals surface area contributed by atoms with E-state index in [1.54, 1.807) is 0 Å². The molecular formula is C28H42N2O. The topological polar surface area (TPSA) is 45.2 Å². The van der Waals surface area contributed by atoms with E-state index in [0.29, 0.717) is 17.4 Å². The first kappa shape index (κ1) is 21.6. The van der Waals surface area contributed by atoms with E-state index in [4.69, 9.17) is 0 Å². The Kier molecular flexibility index (Phi) is 4.66. The molecule has 5 rings (SSSR count). The van der Waals surface area contributed by atoms with Crippen molar-refractivity contribution in [1.82, 2.24) is 10.3 Å². The molecule has 170 valence electrons. The van der Waals surface area contributed by atoms with Crippen LogP contribution in [-0.2, 0) is 0 Å². The van der Waals surface area contributed by atoms with Gasteiger partial charge >= 0.3 is 0 Å². The van der Waals surface area contributed by atoms with Gasteiger partial charge in [-0.1, -0.05) is 46.8 Å². The highest BCUT2D eigenvalue weighted by Crippen LogP contribution is 2.78. The second kappa shape index (κ2) is 6.67. The van der Waals surface area contributed by atoms with Crippen LogP contribution in [-0.4, -0.2) is 29.3 Å². The van der Waals surface area contributed by atoms with Crippen molar-refractivity contribution in [2.24, 2.45) is 33.0 Å². The molecule has 0 saturated heterocycles. The minimum absolute atomic E-state index is 0.132. The van der Waals surface area contributed by atoms with Crippen molar-refractivity contribution >= 4 is 5.57 Å². The minimum atomic E-state index is -0.149. The van der Waals surface area contributed by atoms with Gasteiger partial charge in [0.05, 0.1) is 6.10 Å². The highest BCUT2D eigenvalue weighted by atomic mass is 16.3. The number of aromatic nitrogens is 1. The highest BCUT2D eigenvalue weighted by Gasteiger charge is 2.72. The van der Waals surface area contributed by atoms with Gasteiger partial charge in [-0.15, -0.1) is 0 Å². The van der Waals surface area contributed by atoms with Crippen molar-refractivity contribution < 1.29 is 5.11 Å². The lowest BCUT2D eigenvalue weighted by Gasteiger charge is -2.74. The van der Waals surface area contributed by atoms with Crippen LogP contribution in [0.2, 0.25) is 0 Å². The lowest BCUT2D eigenvalue weighted by molar-refractivity contribution is -0.245. The first-order chi connectivity index (χ1) is 14.6. The number of rotatable bonds is 2. The molecule has 1 aromatic heterocycles. The molecule has 1 aromatic rings. The van der Waals surface area contributed by atoms with Gasteiger partial charge in [-0.25, -0.2) is 0 Å². The van der Waals surface area contributed by atoms with Crippen molar-refractivity contribution in [1.29, 1.82) is 0 Å². The van der Waals surface area contributed by atoms with E-state index in [1.807, 2.05) is 6.20 Å². The van der Waals surface area contributed by atoms with Gasteiger partial charge in [-0.05, 0) is 102 Å². The largest absolute Gasteiger partial charge is 0.393 e. The maximum absolute atomic E-state index is 10.7. The van der Waals surface area contributed by atoms with Gasteiger partial charge in [0.1, 0.15) is 0 Å². The summed E-state index contributed by atoms with van der Waals surface area (Å²) < 4.78 is 0. The zero-order valence-corrected chi connectivity index (χ0v) is 20.5.